The zero-order chi connectivity index (χ0) is 28.5. The summed E-state index contributed by atoms with van der Waals surface area (Å²) in [4.78, 5) is 26.7. The van der Waals surface area contributed by atoms with Crippen molar-refractivity contribution in [1.82, 2.24) is 0 Å². The smallest absolute Gasteiger partial charge is 0.478 e. The fourth-order valence-electron chi connectivity index (χ4n) is 9.04. The van der Waals surface area contributed by atoms with Gasteiger partial charge in [-0.2, -0.15) is 11.8 Å². The Kier molecular flexibility index (Phi) is 7.43. The Morgan fingerprint density at radius 2 is 2.03 bits per heavy atom. The number of aliphatic hydroxyl groups is 1. The van der Waals surface area contributed by atoms with E-state index in [4.69, 9.17) is 9.39 Å². The van der Waals surface area contributed by atoms with Gasteiger partial charge in [0.05, 0.1) is 12.7 Å². The van der Waals surface area contributed by atoms with Gasteiger partial charge in [0.25, 0.3) is 0 Å². The first-order valence-corrected chi connectivity index (χ1v) is 15.4. The average molecular weight is 563 g/mol. The molecule has 5 rings (SSSR count). The number of fused-ring (bicyclic) bond motifs is 1. The molecule has 7 nitrogen and oxygen atoms in total. The van der Waals surface area contributed by atoms with Gasteiger partial charge in [-0.15, -0.1) is 0 Å². The number of aliphatic hydroxyl groups excluding tert-OH is 1. The number of carboxylic acids is 1. The molecule has 0 radical (unpaired) electrons. The maximum Gasteiger partial charge on any atom is 0.494 e. The fraction of sp³-hybridized carbons (Fsp3) is 0.724. The minimum absolute atomic E-state index is 0.0224. The molecule has 1 unspecified atom stereocenters. The van der Waals surface area contributed by atoms with Crippen molar-refractivity contribution < 1.29 is 38.6 Å². The summed E-state index contributed by atoms with van der Waals surface area (Å²) in [5.41, 5.74) is -1.35. The molecular formula is C29H40BFO7S. The van der Waals surface area contributed by atoms with Gasteiger partial charge < -0.3 is 24.6 Å². The lowest BCUT2D eigenvalue weighted by Gasteiger charge is -2.63. The predicted octanol–water partition coefficient (Wildman–Crippen LogP) is 3.66. The molecule has 4 aliphatic rings. The van der Waals surface area contributed by atoms with Crippen LogP contribution in [-0.4, -0.2) is 58.3 Å². The van der Waals surface area contributed by atoms with Crippen LogP contribution in [0.5, 0.6) is 5.75 Å². The SMILES string of the molecule is CSC[C@]1(C)C[C@@H](C(Oc2ccc3c(c2F)B(O)OC3)C(=O)O)[C@@]2(C)[C@H](C)CC[C@]3(CCC(=O)[C@H]32)[C@@H](C)[C@@H]1O. The first kappa shape index (κ1) is 28.9. The van der Waals surface area contributed by atoms with Crippen molar-refractivity contribution in [1.29, 1.82) is 0 Å². The normalized spacial score (nSPS) is 40.5. The number of halogens is 1. The molecule has 10 heteroatoms. The van der Waals surface area contributed by atoms with Crippen LogP contribution in [0.15, 0.2) is 12.1 Å². The third-order valence-corrected chi connectivity index (χ3v) is 12.2. The van der Waals surface area contributed by atoms with Crippen molar-refractivity contribution in [2.45, 2.75) is 78.6 Å². The zero-order valence-corrected chi connectivity index (χ0v) is 24.2. The highest BCUT2D eigenvalue weighted by atomic mass is 32.2. The van der Waals surface area contributed by atoms with Crippen LogP contribution < -0.4 is 10.2 Å². The van der Waals surface area contributed by atoms with E-state index in [9.17, 15) is 24.8 Å². The minimum Gasteiger partial charge on any atom is -0.478 e. The largest absolute Gasteiger partial charge is 0.494 e. The van der Waals surface area contributed by atoms with E-state index < -0.39 is 59.2 Å². The molecule has 39 heavy (non-hydrogen) atoms. The lowest BCUT2D eigenvalue weighted by Crippen LogP contribution is -2.64. The molecule has 9 atom stereocenters. The van der Waals surface area contributed by atoms with E-state index in [1.165, 1.54) is 6.07 Å². The van der Waals surface area contributed by atoms with Crippen LogP contribution in [0.3, 0.4) is 0 Å². The van der Waals surface area contributed by atoms with Gasteiger partial charge in [0.1, 0.15) is 5.78 Å². The van der Waals surface area contributed by atoms with Gasteiger partial charge in [-0.1, -0.05) is 33.8 Å². The van der Waals surface area contributed by atoms with Crippen molar-refractivity contribution in [2.75, 3.05) is 12.0 Å². The van der Waals surface area contributed by atoms with Gasteiger partial charge in [-0.25, -0.2) is 9.18 Å². The molecule has 1 aromatic carbocycles. The van der Waals surface area contributed by atoms with E-state index in [1.807, 2.05) is 20.1 Å². The lowest BCUT2D eigenvalue weighted by atomic mass is 9.41. The molecule has 0 aromatic heterocycles. The molecule has 2 bridgehead atoms. The van der Waals surface area contributed by atoms with Crippen LogP contribution in [0, 0.1) is 45.7 Å². The number of Topliss-reactive ketones (excluding diaryl/α,β-unsaturated/α-hetero) is 1. The Morgan fingerprint density at radius 1 is 1.31 bits per heavy atom. The summed E-state index contributed by atoms with van der Waals surface area (Å²) in [5, 5.41) is 32.7. The summed E-state index contributed by atoms with van der Waals surface area (Å²) < 4.78 is 26.8. The van der Waals surface area contributed by atoms with Crippen LogP contribution in [0.2, 0.25) is 0 Å². The van der Waals surface area contributed by atoms with E-state index in [0.29, 0.717) is 30.6 Å². The number of ketones is 1. The number of carbonyl (C=O) groups excluding carboxylic acids is 1. The van der Waals surface area contributed by atoms with Crippen LogP contribution >= 0.6 is 11.8 Å². The molecule has 0 amide bonds. The third-order valence-electron chi connectivity index (χ3n) is 11.3. The number of carboxylic acid groups (broad SMARTS) is 1. The molecule has 3 N–H and O–H groups in total. The average Bonchev–Trinajstić information content (AvgIpc) is 3.44. The molecule has 0 spiro atoms. The molecule has 1 aliphatic heterocycles. The fourth-order valence-corrected chi connectivity index (χ4v) is 9.99. The summed E-state index contributed by atoms with van der Waals surface area (Å²) >= 11 is 1.61. The molecule has 0 saturated heterocycles. The van der Waals surface area contributed by atoms with Gasteiger partial charge in [0.15, 0.2) is 17.7 Å². The highest BCUT2D eigenvalue weighted by Crippen LogP contribution is 2.69. The summed E-state index contributed by atoms with van der Waals surface area (Å²) in [6.45, 7) is 8.29. The number of aliphatic carboxylic acids is 1. The van der Waals surface area contributed by atoms with Gasteiger partial charge in [0.2, 0.25) is 0 Å². The second kappa shape index (κ2) is 10.0. The number of carbonyl (C=O) groups is 2. The summed E-state index contributed by atoms with van der Waals surface area (Å²) in [7, 11) is -1.44. The van der Waals surface area contributed by atoms with Crippen LogP contribution in [0.25, 0.3) is 0 Å². The first-order valence-electron chi connectivity index (χ1n) is 14.0. The van der Waals surface area contributed by atoms with E-state index in [2.05, 4.69) is 13.8 Å². The molecule has 1 heterocycles. The number of hydrogen-bond donors (Lipinski definition) is 3. The Labute approximate surface area is 234 Å². The summed E-state index contributed by atoms with van der Waals surface area (Å²) in [6, 6.07) is 2.98. The highest BCUT2D eigenvalue weighted by molar-refractivity contribution is 7.98. The Bertz CT molecular complexity index is 1170. The number of ether oxygens (including phenoxy) is 1. The zero-order valence-electron chi connectivity index (χ0n) is 23.4. The van der Waals surface area contributed by atoms with Gasteiger partial charge in [-0.05, 0) is 66.2 Å². The molecule has 3 fully saturated rings. The van der Waals surface area contributed by atoms with Gasteiger partial charge in [0, 0.05) is 34.9 Å². The van der Waals surface area contributed by atoms with Gasteiger partial charge in [-0.3, -0.25) is 4.79 Å². The Morgan fingerprint density at radius 3 is 2.69 bits per heavy atom. The summed E-state index contributed by atoms with van der Waals surface area (Å²) in [5.74, 6) is -2.77. The third kappa shape index (κ3) is 4.19. The molecule has 3 aliphatic carbocycles. The monoisotopic (exact) mass is 562 g/mol. The Balaban J connectivity index is 1.67. The molecule has 1 aromatic rings. The maximum atomic E-state index is 15.6. The van der Waals surface area contributed by atoms with Crippen molar-refractivity contribution in [3.05, 3.63) is 23.5 Å². The second-order valence-electron chi connectivity index (χ2n) is 13.1. The van der Waals surface area contributed by atoms with Gasteiger partial charge >= 0.3 is 13.1 Å². The van der Waals surface area contributed by atoms with E-state index >= 15 is 4.39 Å². The van der Waals surface area contributed by atoms with Crippen molar-refractivity contribution in [3.8, 4) is 5.75 Å². The topological polar surface area (TPSA) is 113 Å². The quantitative estimate of drug-likeness (QED) is 0.451. The minimum atomic E-state index is -1.46. The first-order chi connectivity index (χ1) is 18.3. The predicted molar refractivity (Wildman–Crippen MR) is 147 cm³/mol. The van der Waals surface area contributed by atoms with Crippen molar-refractivity contribution in [3.63, 3.8) is 0 Å². The summed E-state index contributed by atoms with van der Waals surface area (Å²) in [6.07, 6.45) is 2.83. The lowest BCUT2D eigenvalue weighted by molar-refractivity contribution is -0.196. The van der Waals surface area contributed by atoms with E-state index in [0.717, 1.165) is 12.8 Å². The van der Waals surface area contributed by atoms with Crippen molar-refractivity contribution in [2.24, 2.45) is 39.9 Å². The molecule has 3 saturated carbocycles. The maximum absolute atomic E-state index is 15.6. The highest BCUT2D eigenvalue weighted by Gasteiger charge is 2.69. The second-order valence-corrected chi connectivity index (χ2v) is 13.9. The molecule has 214 valence electrons. The van der Waals surface area contributed by atoms with E-state index in [-0.39, 0.29) is 35.4 Å². The van der Waals surface area contributed by atoms with Crippen LogP contribution in [-0.2, 0) is 20.9 Å². The van der Waals surface area contributed by atoms with E-state index in [1.54, 1.807) is 17.8 Å². The Hall–Kier alpha value is -1.62. The number of rotatable bonds is 6. The number of thioether (sulfide) groups is 1. The standard InChI is InChI=1S/C29H40BFO7S/c1-15-8-10-29-11-9-19(32)24(29)28(15,4)18(12-27(3,14-39-5)25(33)16(29)2)23(26(34)35)38-20-7-6-17-13-37-30(36)21(17)22(20)31/h6-7,15-16,18,23-25,33,36H,8-14H2,1-5H3,(H,34,35)/t15-,16+,18+,23?,24+,25+,27+,28-,29+/m1/s1. The molecular weight excluding hydrogens is 522 g/mol. The number of benzene rings is 1. The van der Waals surface area contributed by atoms with Crippen LogP contribution in [0.4, 0.5) is 4.39 Å². The number of hydrogen-bond acceptors (Lipinski definition) is 7. The van der Waals surface area contributed by atoms with Crippen LogP contribution in [0.1, 0.15) is 65.4 Å². The van der Waals surface area contributed by atoms with Crippen molar-refractivity contribution >= 4 is 36.1 Å².